The molecule has 1 heteroatoms. The van der Waals surface area contributed by atoms with Crippen LogP contribution in [0.15, 0.2) is 18.2 Å². The van der Waals surface area contributed by atoms with Crippen LogP contribution in [0.5, 0.6) is 0 Å². The van der Waals surface area contributed by atoms with Crippen molar-refractivity contribution in [2.24, 2.45) is 5.41 Å². The van der Waals surface area contributed by atoms with Gasteiger partial charge in [0.05, 0.1) is 5.60 Å². The first-order valence-corrected chi connectivity index (χ1v) is 6.62. The van der Waals surface area contributed by atoms with Gasteiger partial charge in [-0.05, 0) is 50.5 Å². The Morgan fingerprint density at radius 1 is 1.00 bits per heavy atom. The normalized spacial score (nSPS) is 28.1. The molecule has 0 aromatic heterocycles. The number of aliphatic hydroxyl groups is 1. The number of aryl methyl sites for hydroxylation is 2. The van der Waals surface area contributed by atoms with Gasteiger partial charge in [0.15, 0.2) is 0 Å². The van der Waals surface area contributed by atoms with Gasteiger partial charge in [0.1, 0.15) is 0 Å². The Bertz CT molecular complexity index is 399. The average molecular weight is 232 g/mol. The summed E-state index contributed by atoms with van der Waals surface area (Å²) < 4.78 is 0. The second-order valence-corrected chi connectivity index (χ2v) is 6.60. The van der Waals surface area contributed by atoms with Gasteiger partial charge in [-0.15, -0.1) is 0 Å². The number of hydrogen-bond acceptors (Lipinski definition) is 1. The monoisotopic (exact) mass is 232 g/mol. The minimum Gasteiger partial charge on any atom is -0.385 e. The maximum Gasteiger partial charge on any atom is 0.0901 e. The molecule has 17 heavy (non-hydrogen) atoms. The van der Waals surface area contributed by atoms with E-state index in [0.29, 0.717) is 0 Å². The number of hydrogen-bond donors (Lipinski definition) is 1. The summed E-state index contributed by atoms with van der Waals surface area (Å²) in [5, 5.41) is 10.9. The van der Waals surface area contributed by atoms with E-state index in [9.17, 15) is 5.11 Å². The zero-order valence-corrected chi connectivity index (χ0v) is 11.5. The SMILES string of the molecule is Cc1cc(C)cc(C2(O)CCCC(C)(C)C2)c1. The fourth-order valence-corrected chi connectivity index (χ4v) is 3.32. The van der Waals surface area contributed by atoms with Crippen LogP contribution in [0.3, 0.4) is 0 Å². The second kappa shape index (κ2) is 4.13. The molecule has 0 radical (unpaired) electrons. The summed E-state index contributed by atoms with van der Waals surface area (Å²) in [4.78, 5) is 0. The second-order valence-electron chi connectivity index (χ2n) is 6.60. The van der Waals surface area contributed by atoms with Gasteiger partial charge in [-0.1, -0.05) is 43.2 Å². The molecule has 2 rings (SSSR count). The molecule has 0 aliphatic heterocycles. The first-order chi connectivity index (χ1) is 7.81. The van der Waals surface area contributed by atoms with Crippen molar-refractivity contribution in [2.45, 2.75) is 59.0 Å². The molecule has 1 aliphatic carbocycles. The first kappa shape index (κ1) is 12.6. The van der Waals surface area contributed by atoms with Crippen LogP contribution in [0.1, 0.15) is 56.2 Å². The highest BCUT2D eigenvalue weighted by Crippen LogP contribution is 2.46. The maximum atomic E-state index is 10.9. The molecule has 1 N–H and O–H groups in total. The van der Waals surface area contributed by atoms with E-state index >= 15 is 0 Å². The van der Waals surface area contributed by atoms with Crippen LogP contribution in [-0.2, 0) is 5.60 Å². The summed E-state index contributed by atoms with van der Waals surface area (Å²) in [5.41, 5.74) is 3.25. The van der Waals surface area contributed by atoms with Crippen molar-refractivity contribution in [3.05, 3.63) is 34.9 Å². The number of benzene rings is 1. The van der Waals surface area contributed by atoms with Crippen LogP contribution in [0.2, 0.25) is 0 Å². The van der Waals surface area contributed by atoms with Crippen LogP contribution < -0.4 is 0 Å². The van der Waals surface area contributed by atoms with Crippen molar-refractivity contribution in [1.29, 1.82) is 0 Å². The lowest BCUT2D eigenvalue weighted by molar-refractivity contribution is -0.0441. The van der Waals surface area contributed by atoms with Crippen LogP contribution >= 0.6 is 0 Å². The Labute approximate surface area is 105 Å². The van der Waals surface area contributed by atoms with Crippen LogP contribution in [0.25, 0.3) is 0 Å². The summed E-state index contributed by atoms with van der Waals surface area (Å²) in [5.74, 6) is 0. The molecule has 0 spiro atoms. The Morgan fingerprint density at radius 2 is 1.59 bits per heavy atom. The van der Waals surface area contributed by atoms with E-state index in [4.69, 9.17) is 0 Å². The molecule has 0 heterocycles. The molecule has 1 atom stereocenters. The van der Waals surface area contributed by atoms with Crippen LogP contribution in [0.4, 0.5) is 0 Å². The van der Waals surface area contributed by atoms with Crippen molar-refractivity contribution in [3.8, 4) is 0 Å². The van der Waals surface area contributed by atoms with Crippen molar-refractivity contribution >= 4 is 0 Å². The first-order valence-electron chi connectivity index (χ1n) is 6.62. The Morgan fingerprint density at radius 3 is 2.12 bits per heavy atom. The highest BCUT2D eigenvalue weighted by atomic mass is 16.3. The van der Waals surface area contributed by atoms with Gasteiger partial charge in [0.2, 0.25) is 0 Å². The van der Waals surface area contributed by atoms with Crippen molar-refractivity contribution in [1.82, 2.24) is 0 Å². The third-order valence-electron chi connectivity index (χ3n) is 3.97. The minimum absolute atomic E-state index is 0.255. The largest absolute Gasteiger partial charge is 0.385 e. The van der Waals surface area contributed by atoms with E-state index in [-0.39, 0.29) is 5.41 Å². The van der Waals surface area contributed by atoms with Gasteiger partial charge in [-0.2, -0.15) is 0 Å². The Kier molecular flexibility index (Phi) is 3.07. The minimum atomic E-state index is -0.613. The smallest absolute Gasteiger partial charge is 0.0901 e. The molecule has 1 fully saturated rings. The van der Waals surface area contributed by atoms with Crippen molar-refractivity contribution < 1.29 is 5.11 Å². The van der Waals surface area contributed by atoms with Gasteiger partial charge >= 0.3 is 0 Å². The molecule has 94 valence electrons. The Balaban J connectivity index is 2.37. The third kappa shape index (κ3) is 2.71. The summed E-state index contributed by atoms with van der Waals surface area (Å²) in [6, 6.07) is 6.46. The molecule has 0 amide bonds. The Hall–Kier alpha value is -0.820. The molecule has 1 aromatic rings. The molecule has 1 unspecified atom stereocenters. The molecule has 1 nitrogen and oxygen atoms in total. The van der Waals surface area contributed by atoms with E-state index in [1.165, 1.54) is 17.5 Å². The average Bonchev–Trinajstić information content (AvgIpc) is 2.13. The molecule has 1 aromatic carbocycles. The van der Waals surface area contributed by atoms with Crippen molar-refractivity contribution in [2.75, 3.05) is 0 Å². The summed E-state index contributed by atoms with van der Waals surface area (Å²) in [6.45, 7) is 8.74. The van der Waals surface area contributed by atoms with Crippen LogP contribution in [0, 0.1) is 19.3 Å². The van der Waals surface area contributed by atoms with Gasteiger partial charge < -0.3 is 5.11 Å². The van der Waals surface area contributed by atoms with E-state index in [1.807, 2.05) is 0 Å². The van der Waals surface area contributed by atoms with E-state index < -0.39 is 5.60 Å². The summed E-state index contributed by atoms with van der Waals surface area (Å²) >= 11 is 0. The summed E-state index contributed by atoms with van der Waals surface area (Å²) in [7, 11) is 0. The molecule has 0 bridgehead atoms. The lowest BCUT2D eigenvalue weighted by Crippen LogP contribution is -2.36. The molecule has 0 saturated heterocycles. The predicted octanol–water partition coefficient (Wildman–Crippen LogP) is 4.09. The maximum absolute atomic E-state index is 10.9. The van der Waals surface area contributed by atoms with Gasteiger partial charge in [0.25, 0.3) is 0 Å². The third-order valence-corrected chi connectivity index (χ3v) is 3.97. The standard InChI is InChI=1S/C16H24O/c1-12-8-13(2)10-14(9-12)16(17)7-5-6-15(3,4)11-16/h8-10,17H,5-7,11H2,1-4H3. The number of rotatable bonds is 1. The predicted molar refractivity (Wildman–Crippen MR) is 72.1 cm³/mol. The molecule has 1 saturated carbocycles. The quantitative estimate of drug-likeness (QED) is 0.773. The summed E-state index contributed by atoms with van der Waals surface area (Å²) in [6.07, 6.45) is 4.12. The van der Waals surface area contributed by atoms with E-state index in [2.05, 4.69) is 45.9 Å². The lowest BCUT2D eigenvalue weighted by atomic mass is 9.67. The van der Waals surface area contributed by atoms with Gasteiger partial charge in [-0.25, -0.2) is 0 Å². The van der Waals surface area contributed by atoms with Gasteiger partial charge in [0, 0.05) is 0 Å². The molecular formula is C16H24O. The van der Waals surface area contributed by atoms with E-state index in [0.717, 1.165) is 24.8 Å². The highest BCUT2D eigenvalue weighted by Gasteiger charge is 2.39. The lowest BCUT2D eigenvalue weighted by Gasteiger charge is -2.42. The molecule has 1 aliphatic rings. The fourth-order valence-electron chi connectivity index (χ4n) is 3.32. The van der Waals surface area contributed by atoms with E-state index in [1.54, 1.807) is 0 Å². The van der Waals surface area contributed by atoms with Gasteiger partial charge in [-0.3, -0.25) is 0 Å². The zero-order chi connectivity index (χ0) is 12.7. The topological polar surface area (TPSA) is 20.2 Å². The van der Waals surface area contributed by atoms with Crippen molar-refractivity contribution in [3.63, 3.8) is 0 Å². The highest BCUT2D eigenvalue weighted by molar-refractivity contribution is 5.33. The van der Waals surface area contributed by atoms with Crippen LogP contribution in [-0.4, -0.2) is 5.11 Å². The molecular weight excluding hydrogens is 208 g/mol. The zero-order valence-electron chi connectivity index (χ0n) is 11.5. The fraction of sp³-hybridized carbons (Fsp3) is 0.625.